The summed E-state index contributed by atoms with van der Waals surface area (Å²) < 4.78 is 37.5. The number of aryl methyl sites for hydroxylation is 1. The Bertz CT molecular complexity index is 1550. The third-order valence-corrected chi connectivity index (χ3v) is 8.02. The van der Waals surface area contributed by atoms with Gasteiger partial charge in [-0.25, -0.2) is 22.6 Å². The van der Waals surface area contributed by atoms with E-state index < -0.39 is 10.0 Å². The molecule has 0 fully saturated rings. The van der Waals surface area contributed by atoms with Crippen LogP contribution in [0.3, 0.4) is 0 Å². The minimum atomic E-state index is -3.77. The summed E-state index contributed by atoms with van der Waals surface area (Å²) in [6, 6.07) is 4.81. The summed E-state index contributed by atoms with van der Waals surface area (Å²) in [6.45, 7) is 8.02. The van der Waals surface area contributed by atoms with Gasteiger partial charge < -0.3 is 14.6 Å². The van der Waals surface area contributed by atoms with Crippen molar-refractivity contribution in [2.24, 2.45) is 0 Å². The lowest BCUT2D eigenvalue weighted by Crippen LogP contribution is -2.36. The van der Waals surface area contributed by atoms with E-state index >= 15 is 0 Å². The molecule has 3 aromatic heterocycles. The van der Waals surface area contributed by atoms with Crippen molar-refractivity contribution < 1.29 is 13.2 Å². The first-order chi connectivity index (χ1) is 17.7. The van der Waals surface area contributed by atoms with Crippen LogP contribution < -0.4 is 10.4 Å². The van der Waals surface area contributed by atoms with Gasteiger partial charge in [0, 0.05) is 26.2 Å². The van der Waals surface area contributed by atoms with Gasteiger partial charge in [-0.15, -0.1) is 10.2 Å². The number of hydrogen-bond acceptors (Lipinski definition) is 8. The number of nitrogens with zero attached hydrogens (tertiary/aromatic N) is 7. The fourth-order valence-electron chi connectivity index (χ4n) is 4.14. The van der Waals surface area contributed by atoms with Crippen LogP contribution in [-0.4, -0.2) is 87.1 Å². The lowest BCUT2D eigenvalue weighted by molar-refractivity contribution is 0.318. The van der Waals surface area contributed by atoms with E-state index in [0.717, 1.165) is 12.8 Å². The van der Waals surface area contributed by atoms with Crippen LogP contribution in [0.1, 0.15) is 33.6 Å². The molecule has 4 rings (SSSR count). The largest absolute Gasteiger partial charge is 0.493 e. The molecule has 200 valence electrons. The van der Waals surface area contributed by atoms with Crippen LogP contribution in [0.4, 0.5) is 0 Å². The SMILES string of the molecule is CCCOc1ccc(S(=O)(=O)N(CC)CCN(C)C)cc1-c1nc2c([nH]1)c1nncn1c(=O)n2CCC. The molecule has 3 heterocycles. The quantitative estimate of drug-likeness (QED) is 0.295. The number of ether oxygens (including phenoxy) is 1. The Labute approximate surface area is 215 Å². The van der Waals surface area contributed by atoms with Gasteiger partial charge in [0.2, 0.25) is 10.0 Å². The van der Waals surface area contributed by atoms with Crippen molar-refractivity contribution >= 4 is 26.8 Å². The molecule has 1 N–H and O–H groups in total. The summed E-state index contributed by atoms with van der Waals surface area (Å²) >= 11 is 0. The number of imidazole rings is 1. The van der Waals surface area contributed by atoms with Crippen LogP contribution in [0.25, 0.3) is 28.2 Å². The van der Waals surface area contributed by atoms with E-state index in [1.807, 2.05) is 39.8 Å². The van der Waals surface area contributed by atoms with Gasteiger partial charge in [0.1, 0.15) is 23.4 Å². The van der Waals surface area contributed by atoms with Gasteiger partial charge >= 0.3 is 5.69 Å². The zero-order chi connectivity index (χ0) is 26.7. The summed E-state index contributed by atoms with van der Waals surface area (Å²) in [5.41, 5.74) is 1.52. The number of benzene rings is 1. The lowest BCUT2D eigenvalue weighted by Gasteiger charge is -2.23. The van der Waals surface area contributed by atoms with E-state index in [1.54, 1.807) is 22.8 Å². The summed E-state index contributed by atoms with van der Waals surface area (Å²) in [5.74, 6) is 0.882. The second kappa shape index (κ2) is 11.0. The number of aromatic nitrogens is 6. The van der Waals surface area contributed by atoms with E-state index in [-0.39, 0.29) is 10.6 Å². The lowest BCUT2D eigenvalue weighted by atomic mass is 10.2. The Hall–Kier alpha value is -3.29. The van der Waals surface area contributed by atoms with Gasteiger partial charge in [-0.2, -0.15) is 4.31 Å². The number of hydrogen-bond donors (Lipinski definition) is 1. The van der Waals surface area contributed by atoms with Gasteiger partial charge in [0.15, 0.2) is 11.3 Å². The number of aromatic amines is 1. The number of fused-ring (bicyclic) bond motifs is 3. The van der Waals surface area contributed by atoms with Crippen molar-refractivity contribution in [3.63, 3.8) is 0 Å². The summed E-state index contributed by atoms with van der Waals surface area (Å²) in [5, 5.41) is 8.00. The molecule has 37 heavy (non-hydrogen) atoms. The van der Waals surface area contributed by atoms with Crippen molar-refractivity contribution in [3.05, 3.63) is 35.0 Å². The molecule has 0 radical (unpaired) electrons. The topological polar surface area (TPSA) is 131 Å². The second-order valence-electron chi connectivity index (χ2n) is 9.05. The van der Waals surface area contributed by atoms with E-state index in [0.29, 0.717) is 66.7 Å². The molecule has 0 spiro atoms. The molecule has 0 saturated carbocycles. The molecule has 0 unspecified atom stereocenters. The van der Waals surface area contributed by atoms with E-state index in [2.05, 4.69) is 15.2 Å². The fraction of sp³-hybridized carbons (Fsp3) is 0.500. The minimum Gasteiger partial charge on any atom is -0.493 e. The van der Waals surface area contributed by atoms with Gasteiger partial charge in [0.25, 0.3) is 0 Å². The highest BCUT2D eigenvalue weighted by Crippen LogP contribution is 2.33. The average molecular weight is 531 g/mol. The number of sulfonamides is 1. The van der Waals surface area contributed by atoms with Crippen molar-refractivity contribution in [3.8, 4) is 17.1 Å². The van der Waals surface area contributed by atoms with Gasteiger partial charge in [0.05, 0.1) is 17.1 Å². The number of nitrogens with one attached hydrogen (secondary N) is 1. The molecule has 0 bridgehead atoms. The Morgan fingerprint density at radius 2 is 1.86 bits per heavy atom. The molecule has 0 aliphatic rings. The molecule has 0 atom stereocenters. The van der Waals surface area contributed by atoms with Crippen LogP contribution in [0.2, 0.25) is 0 Å². The molecule has 13 heteroatoms. The second-order valence-corrected chi connectivity index (χ2v) is 11.0. The molecule has 0 aliphatic carbocycles. The number of rotatable bonds is 12. The first kappa shape index (κ1) is 26.8. The first-order valence-electron chi connectivity index (χ1n) is 12.5. The Morgan fingerprint density at radius 1 is 1.08 bits per heavy atom. The standard InChI is InChI=1S/C24H34N8O4S/c1-6-11-31-22-20(23-28-25-16-32(23)24(31)33)26-21(27-22)18-15-17(9-10-19(18)36-14-7-2)37(34,35)30(8-3)13-12-29(4)5/h9-10,15-16H,6-8,11-14H2,1-5H3,(H,26,27). The molecule has 4 aromatic rings. The molecular weight excluding hydrogens is 496 g/mol. The Kier molecular flexibility index (Phi) is 7.95. The maximum atomic E-state index is 13.5. The maximum absolute atomic E-state index is 13.5. The van der Waals surface area contributed by atoms with E-state index in [9.17, 15) is 13.2 Å². The van der Waals surface area contributed by atoms with Crippen LogP contribution in [-0.2, 0) is 16.6 Å². The van der Waals surface area contributed by atoms with Gasteiger partial charge in [-0.3, -0.25) is 4.57 Å². The van der Waals surface area contributed by atoms with Crippen molar-refractivity contribution in [1.82, 2.24) is 38.3 Å². The smallest absolute Gasteiger partial charge is 0.336 e. The highest BCUT2D eigenvalue weighted by molar-refractivity contribution is 7.89. The zero-order valence-electron chi connectivity index (χ0n) is 21.9. The predicted molar refractivity (Wildman–Crippen MR) is 141 cm³/mol. The average Bonchev–Trinajstić information content (AvgIpc) is 3.53. The van der Waals surface area contributed by atoms with Crippen molar-refractivity contribution in [1.29, 1.82) is 0 Å². The molecule has 1 aromatic carbocycles. The van der Waals surface area contributed by atoms with Gasteiger partial charge in [-0.1, -0.05) is 20.8 Å². The van der Waals surface area contributed by atoms with Crippen LogP contribution in [0.5, 0.6) is 5.75 Å². The summed E-state index contributed by atoms with van der Waals surface area (Å²) in [4.78, 5) is 23.1. The number of likely N-dealkylation sites (N-methyl/N-ethyl adjacent to an activating group) is 2. The third-order valence-electron chi connectivity index (χ3n) is 6.05. The summed E-state index contributed by atoms with van der Waals surface area (Å²) in [7, 11) is 0.0484. The van der Waals surface area contributed by atoms with Gasteiger partial charge in [-0.05, 0) is 45.1 Å². The molecule has 0 saturated heterocycles. The van der Waals surface area contributed by atoms with Crippen LogP contribution >= 0.6 is 0 Å². The first-order valence-corrected chi connectivity index (χ1v) is 13.9. The normalized spacial score (nSPS) is 12.4. The van der Waals surface area contributed by atoms with Crippen molar-refractivity contribution in [2.75, 3.05) is 40.3 Å². The third kappa shape index (κ3) is 5.11. The number of H-pyrrole nitrogens is 1. The summed E-state index contributed by atoms with van der Waals surface area (Å²) in [6.07, 6.45) is 2.88. The minimum absolute atomic E-state index is 0.144. The Balaban J connectivity index is 1.90. The van der Waals surface area contributed by atoms with E-state index in [4.69, 9.17) is 9.72 Å². The predicted octanol–water partition coefficient (Wildman–Crippen LogP) is 2.21. The highest BCUT2D eigenvalue weighted by atomic mass is 32.2. The highest BCUT2D eigenvalue weighted by Gasteiger charge is 2.26. The molecular formula is C24H34N8O4S. The maximum Gasteiger partial charge on any atom is 0.336 e. The molecule has 0 aliphatic heterocycles. The zero-order valence-corrected chi connectivity index (χ0v) is 22.7. The van der Waals surface area contributed by atoms with Crippen LogP contribution in [0.15, 0.2) is 34.2 Å². The Morgan fingerprint density at radius 3 is 2.54 bits per heavy atom. The van der Waals surface area contributed by atoms with Crippen LogP contribution in [0, 0.1) is 0 Å². The van der Waals surface area contributed by atoms with E-state index in [1.165, 1.54) is 15.0 Å². The molecule has 0 amide bonds. The van der Waals surface area contributed by atoms with Crippen molar-refractivity contribution in [2.45, 2.75) is 45.1 Å². The fourth-order valence-corrected chi connectivity index (χ4v) is 5.60. The monoisotopic (exact) mass is 530 g/mol. The molecule has 12 nitrogen and oxygen atoms in total.